The fourth-order valence-corrected chi connectivity index (χ4v) is 16.8. The van der Waals surface area contributed by atoms with E-state index in [1.165, 1.54) is 81.3 Å². The van der Waals surface area contributed by atoms with Crippen LogP contribution in [0.3, 0.4) is 0 Å². The summed E-state index contributed by atoms with van der Waals surface area (Å²) in [5.74, 6) is 0. The summed E-state index contributed by atoms with van der Waals surface area (Å²) in [5.41, 5.74) is 11.5. The molecule has 0 saturated carbocycles. The summed E-state index contributed by atoms with van der Waals surface area (Å²) in [6.07, 6.45) is 0. The second-order valence-electron chi connectivity index (χ2n) is 21.0. The van der Waals surface area contributed by atoms with Gasteiger partial charge in [-0.25, -0.2) is 0 Å². The van der Waals surface area contributed by atoms with Crippen molar-refractivity contribution >= 4 is 133 Å². The van der Waals surface area contributed by atoms with Gasteiger partial charge in [0.1, 0.15) is 13.7 Å². The first-order chi connectivity index (χ1) is 31.8. The second-order valence-corrected chi connectivity index (χ2v) is 35.4. The number of nitrogens with zero attached hydrogens (tertiary/aromatic N) is 2. The molecule has 0 atom stereocenters. The van der Waals surface area contributed by atoms with Crippen molar-refractivity contribution in [3.8, 4) is 11.1 Å². The van der Waals surface area contributed by atoms with Crippen LogP contribution in [0.4, 0.5) is 34.1 Å². The number of anilines is 6. The molecule has 0 spiro atoms. The van der Waals surface area contributed by atoms with Gasteiger partial charge in [0.25, 0.3) is 0 Å². The molecule has 0 fully saturated rings. The number of furan rings is 1. The SMILES string of the molecule is C[Si](C)(C)c1ccc(N(c2cccc3c2[Si](C)(C)c2ccccc2-3)c2ccc3ccc4c(N(c5ccc([Si](C)(C)C)cc5)c5cccc6c5oc5ccccc56)ccc5ccc2c3c54)cc1. The first kappa shape index (κ1) is 40.8. The maximum absolute atomic E-state index is 6.79. The van der Waals surface area contributed by atoms with Crippen LogP contribution in [0.5, 0.6) is 0 Å². The monoisotopic (exact) mass is 902 g/mol. The number of hydrogen-bond acceptors (Lipinski definition) is 3. The number of fused-ring (bicyclic) bond motifs is 6. The highest BCUT2D eigenvalue weighted by molar-refractivity contribution is 7.04. The molecule has 1 aliphatic rings. The number of benzene rings is 10. The molecule has 3 nitrogen and oxygen atoms in total. The van der Waals surface area contributed by atoms with E-state index in [1.54, 1.807) is 0 Å². The van der Waals surface area contributed by atoms with Gasteiger partial charge in [-0.05, 0) is 97.6 Å². The number of para-hydroxylation sites is 2. The van der Waals surface area contributed by atoms with Crippen molar-refractivity contribution in [1.29, 1.82) is 0 Å². The van der Waals surface area contributed by atoms with Crippen LogP contribution in [0.2, 0.25) is 52.4 Å². The van der Waals surface area contributed by atoms with E-state index >= 15 is 0 Å². The molecule has 0 unspecified atom stereocenters. The largest absolute Gasteiger partial charge is 0.454 e. The lowest BCUT2D eigenvalue weighted by molar-refractivity contribution is 0.669. The summed E-state index contributed by atoms with van der Waals surface area (Å²) in [6.45, 7) is 19.6. The molecule has 0 N–H and O–H groups in total. The lowest BCUT2D eigenvalue weighted by Gasteiger charge is -2.33. The van der Waals surface area contributed by atoms with Crippen LogP contribution in [-0.4, -0.2) is 24.2 Å². The van der Waals surface area contributed by atoms with Crippen molar-refractivity contribution < 1.29 is 4.42 Å². The highest BCUT2D eigenvalue weighted by atomic mass is 28.3. The third-order valence-corrected chi connectivity index (χ3v) is 22.2. The van der Waals surface area contributed by atoms with Gasteiger partial charge in [0.15, 0.2) is 5.58 Å². The molecular formula is C60H54N2OSi3. The topological polar surface area (TPSA) is 19.6 Å². The average molecular weight is 903 g/mol. The summed E-state index contributed by atoms with van der Waals surface area (Å²) >= 11 is 0. The van der Waals surface area contributed by atoms with Crippen LogP contribution in [-0.2, 0) is 0 Å². The molecule has 2 heterocycles. The zero-order chi connectivity index (χ0) is 45.3. The van der Waals surface area contributed by atoms with Gasteiger partial charge in [-0.2, -0.15) is 0 Å². The average Bonchev–Trinajstić information content (AvgIpc) is 3.81. The van der Waals surface area contributed by atoms with E-state index in [9.17, 15) is 0 Å². The first-order valence-electron chi connectivity index (χ1n) is 23.4. The van der Waals surface area contributed by atoms with Gasteiger partial charge >= 0.3 is 0 Å². The third-order valence-electron chi connectivity index (χ3n) is 14.5. The van der Waals surface area contributed by atoms with E-state index in [0.29, 0.717) is 0 Å². The molecule has 0 aliphatic carbocycles. The lowest BCUT2D eigenvalue weighted by Crippen LogP contribution is -2.50. The zero-order valence-electron chi connectivity index (χ0n) is 39.1. The highest BCUT2D eigenvalue weighted by Crippen LogP contribution is 2.49. The summed E-state index contributed by atoms with van der Waals surface area (Å²) in [4.78, 5) is 5.03. The Labute approximate surface area is 390 Å². The van der Waals surface area contributed by atoms with Crippen molar-refractivity contribution in [1.82, 2.24) is 0 Å². The molecule has 0 amide bonds. The van der Waals surface area contributed by atoms with Crippen LogP contribution in [0.25, 0.3) is 65.4 Å². The van der Waals surface area contributed by atoms with Gasteiger partial charge in [0.2, 0.25) is 0 Å². The second kappa shape index (κ2) is 14.6. The molecule has 12 rings (SSSR count). The van der Waals surface area contributed by atoms with E-state index in [4.69, 9.17) is 4.42 Å². The minimum atomic E-state index is -2.10. The van der Waals surface area contributed by atoms with Crippen LogP contribution in [0, 0.1) is 0 Å². The molecule has 0 saturated heterocycles. The van der Waals surface area contributed by atoms with Gasteiger partial charge in [0, 0.05) is 38.6 Å². The minimum absolute atomic E-state index is 0.890. The molecule has 6 heteroatoms. The minimum Gasteiger partial charge on any atom is -0.454 e. The molecule has 322 valence electrons. The van der Waals surface area contributed by atoms with E-state index < -0.39 is 24.2 Å². The predicted molar refractivity (Wildman–Crippen MR) is 295 cm³/mol. The van der Waals surface area contributed by atoms with Crippen molar-refractivity contribution in [2.75, 3.05) is 9.80 Å². The van der Waals surface area contributed by atoms with Crippen LogP contribution in [0.15, 0.2) is 186 Å². The third kappa shape index (κ3) is 6.19. The fraction of sp³-hybridized carbons (Fsp3) is 0.133. The van der Waals surface area contributed by atoms with Crippen LogP contribution in [0.1, 0.15) is 0 Å². The van der Waals surface area contributed by atoms with Gasteiger partial charge < -0.3 is 14.2 Å². The van der Waals surface area contributed by atoms with Crippen LogP contribution < -0.4 is 30.5 Å². The maximum atomic E-state index is 6.79. The van der Waals surface area contributed by atoms with E-state index in [0.717, 1.165) is 39.0 Å². The molecule has 0 radical (unpaired) electrons. The normalized spacial score (nSPS) is 13.6. The Balaban J connectivity index is 1.12. The van der Waals surface area contributed by atoms with Crippen molar-refractivity contribution in [3.63, 3.8) is 0 Å². The summed E-state index contributed by atoms with van der Waals surface area (Å²) in [7, 11) is -5.19. The number of hydrogen-bond donors (Lipinski definition) is 0. The Bertz CT molecular complexity index is 3710. The molecule has 10 aromatic carbocycles. The Morgan fingerprint density at radius 1 is 0.394 bits per heavy atom. The molecular weight excluding hydrogens is 849 g/mol. The van der Waals surface area contributed by atoms with Gasteiger partial charge in [-0.15, -0.1) is 0 Å². The van der Waals surface area contributed by atoms with E-state index in [1.807, 2.05) is 0 Å². The Kier molecular flexibility index (Phi) is 9.05. The maximum Gasteiger partial charge on any atom is 0.159 e. The van der Waals surface area contributed by atoms with Gasteiger partial charge in [-0.1, -0.05) is 190 Å². The molecule has 11 aromatic rings. The Morgan fingerprint density at radius 3 is 1.48 bits per heavy atom. The molecule has 66 heavy (non-hydrogen) atoms. The quantitative estimate of drug-likeness (QED) is 0.112. The molecule has 1 aromatic heterocycles. The molecule has 0 bridgehead atoms. The number of rotatable bonds is 8. The Morgan fingerprint density at radius 2 is 0.879 bits per heavy atom. The fourth-order valence-electron chi connectivity index (χ4n) is 11.1. The summed E-state index contributed by atoms with van der Waals surface area (Å²) < 4.78 is 6.79. The molecule has 1 aliphatic heterocycles. The standard InChI is InChI=1S/C60H54N2OSi3/c1-64(2,3)43-31-27-41(28-32-43)61(53-19-13-17-47-45-15-9-11-21-55(45)63-59(47)53)51-37-25-39-24-36-50-52(38-26-40-23-35-49(51)57(39)58(40)50)62(42-29-33-44(34-30-42)65(4,5)6)54-20-14-18-48-46-16-10-12-22-56(46)66(7,8)60(48)54/h9-38H,1-8H3. The van der Waals surface area contributed by atoms with Gasteiger partial charge in [-0.3, -0.25) is 0 Å². The van der Waals surface area contributed by atoms with E-state index in [2.05, 4.69) is 244 Å². The van der Waals surface area contributed by atoms with Crippen molar-refractivity contribution in [2.24, 2.45) is 0 Å². The van der Waals surface area contributed by atoms with Crippen molar-refractivity contribution in [3.05, 3.63) is 182 Å². The highest BCUT2D eigenvalue weighted by Gasteiger charge is 2.41. The van der Waals surface area contributed by atoms with Gasteiger partial charge in [0.05, 0.1) is 33.2 Å². The van der Waals surface area contributed by atoms with Crippen LogP contribution >= 0.6 is 0 Å². The van der Waals surface area contributed by atoms with Crippen molar-refractivity contribution in [2.45, 2.75) is 52.4 Å². The predicted octanol–water partition coefficient (Wildman–Crippen LogP) is 15.3. The summed E-state index contributed by atoms with van der Waals surface area (Å²) in [6, 6.07) is 68.8. The zero-order valence-corrected chi connectivity index (χ0v) is 42.1. The Hall–Kier alpha value is -6.71. The lowest BCUT2D eigenvalue weighted by atomic mass is 9.91. The summed E-state index contributed by atoms with van der Waals surface area (Å²) in [5, 5.41) is 15.7. The first-order valence-corrected chi connectivity index (χ1v) is 33.4. The van der Waals surface area contributed by atoms with E-state index in [-0.39, 0.29) is 0 Å². The smallest absolute Gasteiger partial charge is 0.159 e.